The van der Waals surface area contributed by atoms with Crippen molar-refractivity contribution < 1.29 is 14.3 Å². The summed E-state index contributed by atoms with van der Waals surface area (Å²) in [4.78, 5) is 18.2. The number of anilines is 1. The van der Waals surface area contributed by atoms with Gasteiger partial charge in [-0.2, -0.15) is 5.10 Å². The van der Waals surface area contributed by atoms with E-state index in [1.807, 2.05) is 35.4 Å². The maximum absolute atomic E-state index is 13.9. The zero-order valence-corrected chi connectivity index (χ0v) is 22.1. The Morgan fingerprint density at radius 1 is 0.897 bits per heavy atom. The van der Waals surface area contributed by atoms with Gasteiger partial charge in [0.25, 0.3) is 5.91 Å². The van der Waals surface area contributed by atoms with Crippen molar-refractivity contribution in [3.63, 3.8) is 0 Å². The number of aromatic amines is 1. The highest BCUT2D eigenvalue weighted by Crippen LogP contribution is 2.34. The van der Waals surface area contributed by atoms with Gasteiger partial charge in [-0.15, -0.1) is 0 Å². The Hall–Kier alpha value is -4.78. The fourth-order valence-corrected chi connectivity index (χ4v) is 5.33. The molecular formula is C32H30N4O3. The number of benzene rings is 4. The SMILES string of the molecule is COc1ccc(C(=O)N2CCN(Cc3cccc4[nH]ncc34)c3ccc(-c4ccccc4)cc3C2)c(OC)c1. The number of amides is 1. The second kappa shape index (κ2) is 10.5. The van der Waals surface area contributed by atoms with E-state index < -0.39 is 0 Å². The van der Waals surface area contributed by atoms with Crippen molar-refractivity contribution in [2.45, 2.75) is 13.1 Å². The van der Waals surface area contributed by atoms with E-state index in [0.717, 1.165) is 33.3 Å². The summed E-state index contributed by atoms with van der Waals surface area (Å²) in [5.41, 5.74) is 7.25. The van der Waals surface area contributed by atoms with Gasteiger partial charge in [-0.05, 0) is 52.6 Å². The van der Waals surface area contributed by atoms with Gasteiger partial charge in [0.1, 0.15) is 11.5 Å². The largest absolute Gasteiger partial charge is 0.497 e. The third-order valence-electron chi connectivity index (χ3n) is 7.39. The van der Waals surface area contributed by atoms with Crippen molar-refractivity contribution in [1.29, 1.82) is 0 Å². The van der Waals surface area contributed by atoms with Gasteiger partial charge in [-0.1, -0.05) is 48.5 Å². The highest BCUT2D eigenvalue weighted by atomic mass is 16.5. The summed E-state index contributed by atoms with van der Waals surface area (Å²) < 4.78 is 10.9. The minimum absolute atomic E-state index is 0.0654. The van der Waals surface area contributed by atoms with Crippen molar-refractivity contribution in [3.05, 3.63) is 108 Å². The quantitative estimate of drug-likeness (QED) is 0.303. The molecule has 1 N–H and O–H groups in total. The van der Waals surface area contributed by atoms with Crippen LogP contribution < -0.4 is 14.4 Å². The molecule has 7 heteroatoms. The van der Waals surface area contributed by atoms with Gasteiger partial charge in [0.2, 0.25) is 0 Å². The van der Waals surface area contributed by atoms with E-state index in [9.17, 15) is 4.79 Å². The average Bonchev–Trinajstić information content (AvgIpc) is 3.41. The van der Waals surface area contributed by atoms with E-state index in [-0.39, 0.29) is 5.91 Å². The fraction of sp³-hybridized carbons (Fsp3) is 0.188. The number of methoxy groups -OCH3 is 2. The van der Waals surface area contributed by atoms with Crippen LogP contribution in [-0.4, -0.2) is 48.3 Å². The number of nitrogens with zero attached hydrogens (tertiary/aromatic N) is 3. The van der Waals surface area contributed by atoms with E-state index in [0.29, 0.717) is 43.2 Å². The van der Waals surface area contributed by atoms with Gasteiger partial charge in [-0.3, -0.25) is 9.89 Å². The molecule has 5 aromatic rings. The Kier molecular flexibility index (Phi) is 6.63. The van der Waals surface area contributed by atoms with Crippen molar-refractivity contribution >= 4 is 22.5 Å². The van der Waals surface area contributed by atoms with Crippen LogP contribution in [0.2, 0.25) is 0 Å². The number of carbonyl (C=O) groups excluding carboxylic acids is 1. The standard InChI is InChI=1S/C32H30N4O3/c1-38-26-12-13-27(31(18-26)39-2)32(37)36-16-15-35(20-24-9-6-10-29-28(24)19-33-34-29)30-14-11-23(17-25(30)21-36)22-7-4-3-5-8-22/h3-14,17-19H,15-16,20-21H2,1-2H3,(H,33,34). The molecule has 2 heterocycles. The molecule has 39 heavy (non-hydrogen) atoms. The Bertz CT molecular complexity index is 1630. The Morgan fingerprint density at radius 3 is 2.59 bits per heavy atom. The number of ether oxygens (including phenoxy) is 2. The molecule has 0 unspecified atom stereocenters. The van der Waals surface area contributed by atoms with E-state index in [4.69, 9.17) is 9.47 Å². The van der Waals surface area contributed by atoms with Crippen LogP contribution in [0.5, 0.6) is 11.5 Å². The summed E-state index contributed by atoms with van der Waals surface area (Å²) in [5, 5.41) is 8.43. The third kappa shape index (κ3) is 4.79. The normalized spacial score (nSPS) is 13.2. The summed E-state index contributed by atoms with van der Waals surface area (Å²) in [6.07, 6.45) is 1.88. The van der Waals surface area contributed by atoms with Crippen LogP contribution in [0.4, 0.5) is 5.69 Å². The first-order valence-corrected chi connectivity index (χ1v) is 13.0. The van der Waals surface area contributed by atoms with E-state index in [1.54, 1.807) is 32.4 Å². The molecular weight excluding hydrogens is 488 g/mol. The first-order valence-electron chi connectivity index (χ1n) is 13.0. The number of rotatable bonds is 6. The molecule has 0 radical (unpaired) electrons. The minimum atomic E-state index is -0.0654. The van der Waals surface area contributed by atoms with E-state index in [1.165, 1.54) is 5.56 Å². The zero-order chi connectivity index (χ0) is 26.8. The van der Waals surface area contributed by atoms with Gasteiger partial charge < -0.3 is 19.3 Å². The molecule has 196 valence electrons. The topological polar surface area (TPSA) is 70.7 Å². The lowest BCUT2D eigenvalue weighted by Crippen LogP contribution is -2.35. The highest BCUT2D eigenvalue weighted by Gasteiger charge is 2.26. The lowest BCUT2D eigenvalue weighted by atomic mass is 10.0. The molecule has 6 rings (SSSR count). The number of aromatic nitrogens is 2. The number of H-pyrrole nitrogens is 1. The Labute approximate surface area is 227 Å². The lowest BCUT2D eigenvalue weighted by molar-refractivity contribution is 0.0748. The van der Waals surface area contributed by atoms with Crippen molar-refractivity contribution in [2.24, 2.45) is 0 Å². The smallest absolute Gasteiger partial charge is 0.257 e. The van der Waals surface area contributed by atoms with Crippen LogP contribution in [0.25, 0.3) is 22.0 Å². The number of nitrogens with one attached hydrogen (secondary N) is 1. The second-order valence-corrected chi connectivity index (χ2v) is 9.67. The Morgan fingerprint density at radius 2 is 1.77 bits per heavy atom. The molecule has 0 atom stereocenters. The van der Waals surface area contributed by atoms with Crippen molar-refractivity contribution in [3.8, 4) is 22.6 Å². The van der Waals surface area contributed by atoms with Gasteiger partial charge in [0, 0.05) is 43.3 Å². The monoisotopic (exact) mass is 518 g/mol. The summed E-state index contributed by atoms with van der Waals surface area (Å²) in [6.45, 7) is 2.47. The van der Waals surface area contributed by atoms with Crippen molar-refractivity contribution in [2.75, 3.05) is 32.2 Å². The first kappa shape index (κ1) is 24.6. The van der Waals surface area contributed by atoms with Gasteiger partial charge in [-0.25, -0.2) is 0 Å². The molecule has 4 aromatic carbocycles. The summed E-state index contributed by atoms with van der Waals surface area (Å²) in [5.74, 6) is 1.09. The summed E-state index contributed by atoms with van der Waals surface area (Å²) in [6, 6.07) is 28.5. The lowest BCUT2D eigenvalue weighted by Gasteiger charge is -2.26. The summed E-state index contributed by atoms with van der Waals surface area (Å²) in [7, 11) is 3.18. The van der Waals surface area contributed by atoms with Gasteiger partial charge in [0.05, 0.1) is 31.5 Å². The first-order chi connectivity index (χ1) is 19.1. The van der Waals surface area contributed by atoms with Crippen LogP contribution in [0.15, 0.2) is 91.1 Å². The molecule has 0 aliphatic carbocycles. The van der Waals surface area contributed by atoms with E-state index >= 15 is 0 Å². The molecule has 1 aromatic heterocycles. The minimum Gasteiger partial charge on any atom is -0.497 e. The predicted molar refractivity (Wildman–Crippen MR) is 153 cm³/mol. The van der Waals surface area contributed by atoms with E-state index in [2.05, 4.69) is 57.6 Å². The predicted octanol–water partition coefficient (Wildman–Crippen LogP) is 5.91. The van der Waals surface area contributed by atoms with Crippen LogP contribution >= 0.6 is 0 Å². The number of fused-ring (bicyclic) bond motifs is 2. The number of hydrogen-bond acceptors (Lipinski definition) is 5. The third-order valence-corrected chi connectivity index (χ3v) is 7.39. The molecule has 0 bridgehead atoms. The Balaban J connectivity index is 1.38. The number of carbonyl (C=O) groups is 1. The van der Waals surface area contributed by atoms with Crippen molar-refractivity contribution in [1.82, 2.24) is 15.1 Å². The molecule has 0 spiro atoms. The van der Waals surface area contributed by atoms with Crippen LogP contribution in [0.3, 0.4) is 0 Å². The zero-order valence-electron chi connectivity index (χ0n) is 22.1. The highest BCUT2D eigenvalue weighted by molar-refractivity contribution is 5.97. The molecule has 0 saturated heterocycles. The average molecular weight is 519 g/mol. The van der Waals surface area contributed by atoms with Crippen LogP contribution in [0.1, 0.15) is 21.5 Å². The maximum atomic E-state index is 13.9. The van der Waals surface area contributed by atoms with Gasteiger partial charge in [0.15, 0.2) is 0 Å². The molecule has 7 nitrogen and oxygen atoms in total. The number of hydrogen-bond donors (Lipinski definition) is 1. The molecule has 0 saturated carbocycles. The molecule has 1 amide bonds. The van der Waals surface area contributed by atoms with Gasteiger partial charge >= 0.3 is 0 Å². The second-order valence-electron chi connectivity index (χ2n) is 9.67. The maximum Gasteiger partial charge on any atom is 0.257 e. The summed E-state index contributed by atoms with van der Waals surface area (Å²) >= 11 is 0. The molecule has 1 aliphatic rings. The molecule has 0 fully saturated rings. The van der Waals surface area contributed by atoms with Crippen LogP contribution in [-0.2, 0) is 13.1 Å². The van der Waals surface area contributed by atoms with Crippen LogP contribution in [0, 0.1) is 0 Å². The fourth-order valence-electron chi connectivity index (χ4n) is 5.33. The molecule has 1 aliphatic heterocycles.